The van der Waals surface area contributed by atoms with Crippen LogP contribution < -0.4 is 10.6 Å². The van der Waals surface area contributed by atoms with Gasteiger partial charge in [0.05, 0.1) is 18.8 Å². The van der Waals surface area contributed by atoms with Crippen LogP contribution in [0.4, 0.5) is 0 Å². The number of carbonyl (C=O) groups excluding carboxylic acids is 1. The lowest BCUT2D eigenvalue weighted by Gasteiger charge is -2.18. The van der Waals surface area contributed by atoms with Crippen molar-refractivity contribution in [2.45, 2.75) is 58.6 Å². The Bertz CT molecular complexity index is 249. The topological polar surface area (TPSA) is 70.6 Å². The van der Waals surface area contributed by atoms with Crippen molar-refractivity contribution in [3.05, 3.63) is 0 Å². The van der Waals surface area contributed by atoms with Crippen LogP contribution in [0.1, 0.15) is 46.5 Å². The maximum absolute atomic E-state index is 11.3. The van der Waals surface area contributed by atoms with E-state index in [0.717, 1.165) is 6.42 Å². The first kappa shape index (κ1) is 19.4. The number of likely N-dealkylation sites (N-methyl/N-ethyl adjacent to an activating group) is 1. The summed E-state index contributed by atoms with van der Waals surface area (Å²) in [5.74, 6) is 0.503. The zero-order valence-electron chi connectivity index (χ0n) is 13.4. The van der Waals surface area contributed by atoms with Gasteiger partial charge >= 0.3 is 0 Å². The molecule has 0 spiro atoms. The van der Waals surface area contributed by atoms with Crippen molar-refractivity contribution in [3.63, 3.8) is 0 Å². The number of hydrogen-bond acceptors (Lipinski definition) is 4. The molecule has 0 aromatic carbocycles. The predicted octanol–water partition coefficient (Wildman–Crippen LogP) is 1.30. The van der Waals surface area contributed by atoms with Gasteiger partial charge < -0.3 is 20.5 Å². The molecule has 0 rings (SSSR count). The highest BCUT2D eigenvalue weighted by Gasteiger charge is 2.13. The van der Waals surface area contributed by atoms with Crippen LogP contribution in [0.25, 0.3) is 0 Å². The summed E-state index contributed by atoms with van der Waals surface area (Å²) in [7, 11) is 1.60. The normalized spacial score (nSPS) is 15.7. The summed E-state index contributed by atoms with van der Waals surface area (Å²) < 4.78 is 5.57. The fourth-order valence-electron chi connectivity index (χ4n) is 1.95. The average Bonchev–Trinajstić information content (AvgIpc) is 2.47. The molecule has 5 nitrogen and oxygen atoms in total. The van der Waals surface area contributed by atoms with Gasteiger partial charge in [0, 0.05) is 20.2 Å². The van der Waals surface area contributed by atoms with Crippen LogP contribution in [-0.4, -0.2) is 50.0 Å². The highest BCUT2D eigenvalue weighted by molar-refractivity contribution is 5.80. The van der Waals surface area contributed by atoms with Crippen molar-refractivity contribution in [2.24, 2.45) is 5.92 Å². The Labute approximate surface area is 123 Å². The molecule has 3 N–H and O–H groups in total. The minimum Gasteiger partial charge on any atom is -0.389 e. The van der Waals surface area contributed by atoms with E-state index < -0.39 is 6.10 Å². The number of unbranched alkanes of at least 4 members (excludes halogenated alkanes) is 1. The summed E-state index contributed by atoms with van der Waals surface area (Å²) in [5, 5.41) is 15.3. The van der Waals surface area contributed by atoms with Crippen LogP contribution in [0.15, 0.2) is 0 Å². The molecule has 1 amide bonds. The highest BCUT2D eigenvalue weighted by Crippen LogP contribution is 2.12. The summed E-state index contributed by atoms with van der Waals surface area (Å²) in [6.07, 6.45) is 4.17. The van der Waals surface area contributed by atoms with Crippen LogP contribution in [0.3, 0.4) is 0 Å². The van der Waals surface area contributed by atoms with Crippen LogP contribution in [-0.2, 0) is 9.53 Å². The molecule has 120 valence electrons. The number of aliphatic hydroxyl groups is 1. The van der Waals surface area contributed by atoms with Crippen LogP contribution >= 0.6 is 0 Å². The van der Waals surface area contributed by atoms with Gasteiger partial charge in [-0.15, -0.1) is 0 Å². The fourth-order valence-corrected chi connectivity index (χ4v) is 1.95. The molecular weight excluding hydrogens is 256 g/mol. The van der Waals surface area contributed by atoms with Gasteiger partial charge in [0.25, 0.3) is 0 Å². The summed E-state index contributed by atoms with van der Waals surface area (Å²) in [6, 6.07) is -0.303. The smallest absolute Gasteiger partial charge is 0.236 e. The van der Waals surface area contributed by atoms with Gasteiger partial charge in [-0.25, -0.2) is 0 Å². The Balaban J connectivity index is 3.71. The summed E-state index contributed by atoms with van der Waals surface area (Å²) >= 11 is 0. The van der Waals surface area contributed by atoms with Crippen molar-refractivity contribution in [3.8, 4) is 0 Å². The first-order valence-electron chi connectivity index (χ1n) is 7.75. The monoisotopic (exact) mass is 288 g/mol. The fraction of sp³-hybridized carbons (Fsp3) is 0.933. The lowest BCUT2D eigenvalue weighted by atomic mass is 10.0. The number of rotatable bonds is 12. The molecule has 0 fully saturated rings. The molecule has 0 heterocycles. The molecule has 0 saturated carbocycles. The maximum atomic E-state index is 11.3. The third kappa shape index (κ3) is 9.28. The second kappa shape index (κ2) is 12.1. The van der Waals surface area contributed by atoms with E-state index in [1.807, 2.05) is 0 Å². The Morgan fingerprint density at radius 2 is 2.00 bits per heavy atom. The Hall–Kier alpha value is -0.650. The van der Waals surface area contributed by atoms with Crippen molar-refractivity contribution >= 4 is 5.91 Å². The second-order valence-electron chi connectivity index (χ2n) is 5.35. The van der Waals surface area contributed by atoms with Crippen LogP contribution in [0.5, 0.6) is 0 Å². The molecular formula is C15H32N2O3. The summed E-state index contributed by atoms with van der Waals surface area (Å²) in [6.45, 7) is 7.52. The molecule has 0 aliphatic carbocycles. The highest BCUT2D eigenvalue weighted by atomic mass is 16.5. The lowest BCUT2D eigenvalue weighted by molar-refractivity contribution is -0.122. The molecule has 0 aromatic rings. The van der Waals surface area contributed by atoms with E-state index in [2.05, 4.69) is 24.5 Å². The number of nitrogens with one attached hydrogen (secondary N) is 2. The van der Waals surface area contributed by atoms with Gasteiger partial charge in [-0.3, -0.25) is 4.79 Å². The van der Waals surface area contributed by atoms with E-state index in [1.165, 1.54) is 19.3 Å². The van der Waals surface area contributed by atoms with Gasteiger partial charge in [-0.1, -0.05) is 33.1 Å². The molecule has 0 saturated heterocycles. The number of amides is 1. The van der Waals surface area contributed by atoms with Crippen molar-refractivity contribution < 1.29 is 14.6 Å². The number of ether oxygens (including phenoxy) is 1. The van der Waals surface area contributed by atoms with Gasteiger partial charge in [-0.05, 0) is 19.3 Å². The Morgan fingerprint density at radius 1 is 1.30 bits per heavy atom. The molecule has 0 aliphatic heterocycles. The van der Waals surface area contributed by atoms with Crippen molar-refractivity contribution in [1.29, 1.82) is 0 Å². The minimum absolute atomic E-state index is 0.0799. The molecule has 0 bridgehead atoms. The van der Waals surface area contributed by atoms with E-state index in [4.69, 9.17) is 4.74 Å². The number of aliphatic hydroxyl groups excluding tert-OH is 1. The molecule has 20 heavy (non-hydrogen) atoms. The summed E-state index contributed by atoms with van der Waals surface area (Å²) in [5.41, 5.74) is 0. The first-order valence-corrected chi connectivity index (χ1v) is 7.75. The van der Waals surface area contributed by atoms with Gasteiger partial charge in [0.2, 0.25) is 5.91 Å². The molecule has 5 heteroatoms. The standard InChI is InChI=1S/C15H32N2O3/c1-5-7-8-13(6-2)10-20-11-14(18)9-17-12(3)15(19)16-4/h12-14,17-18H,5-11H2,1-4H3,(H,16,19). The van der Waals surface area contributed by atoms with E-state index >= 15 is 0 Å². The third-order valence-electron chi connectivity index (χ3n) is 3.51. The Kier molecular flexibility index (Phi) is 11.7. The van der Waals surface area contributed by atoms with Gasteiger partial charge in [0.1, 0.15) is 0 Å². The molecule has 0 radical (unpaired) electrons. The largest absolute Gasteiger partial charge is 0.389 e. The van der Waals surface area contributed by atoms with Crippen LogP contribution in [0, 0.1) is 5.92 Å². The molecule has 3 unspecified atom stereocenters. The summed E-state index contributed by atoms with van der Waals surface area (Å²) in [4.78, 5) is 11.3. The number of carbonyl (C=O) groups is 1. The van der Waals surface area contributed by atoms with E-state index in [0.29, 0.717) is 25.7 Å². The van der Waals surface area contributed by atoms with Gasteiger partial charge in [-0.2, -0.15) is 0 Å². The molecule has 0 aliphatic rings. The van der Waals surface area contributed by atoms with E-state index in [-0.39, 0.29) is 11.9 Å². The first-order chi connectivity index (χ1) is 9.54. The quantitative estimate of drug-likeness (QED) is 0.506. The Morgan fingerprint density at radius 3 is 2.55 bits per heavy atom. The van der Waals surface area contributed by atoms with Gasteiger partial charge in [0.15, 0.2) is 0 Å². The zero-order valence-corrected chi connectivity index (χ0v) is 13.4. The zero-order chi connectivity index (χ0) is 15.4. The SMILES string of the molecule is CCCCC(CC)COCC(O)CNC(C)C(=O)NC. The minimum atomic E-state index is -0.578. The third-order valence-corrected chi connectivity index (χ3v) is 3.51. The molecule has 3 atom stereocenters. The predicted molar refractivity (Wildman–Crippen MR) is 81.7 cm³/mol. The van der Waals surface area contributed by atoms with E-state index in [9.17, 15) is 9.90 Å². The maximum Gasteiger partial charge on any atom is 0.236 e. The lowest BCUT2D eigenvalue weighted by Crippen LogP contribution is -2.44. The van der Waals surface area contributed by atoms with Crippen molar-refractivity contribution in [1.82, 2.24) is 10.6 Å². The number of hydrogen-bond donors (Lipinski definition) is 3. The molecule has 0 aromatic heterocycles. The van der Waals surface area contributed by atoms with Crippen LogP contribution in [0.2, 0.25) is 0 Å². The average molecular weight is 288 g/mol. The second-order valence-corrected chi connectivity index (χ2v) is 5.35. The van der Waals surface area contributed by atoms with E-state index in [1.54, 1.807) is 14.0 Å². The van der Waals surface area contributed by atoms with Crippen molar-refractivity contribution in [2.75, 3.05) is 26.8 Å².